The molecule has 1 fully saturated rings. The van der Waals surface area contributed by atoms with Crippen LogP contribution >= 0.6 is 0 Å². The monoisotopic (exact) mass is 288 g/mol. The molecule has 0 spiro atoms. The third kappa shape index (κ3) is 3.08. The number of hydrogen-bond acceptors (Lipinski definition) is 3. The number of hydrogen-bond donors (Lipinski definition) is 2. The van der Waals surface area contributed by atoms with Crippen molar-refractivity contribution in [2.24, 2.45) is 0 Å². The third-order valence-electron chi connectivity index (χ3n) is 4.19. The number of carbonyl (C=O) groups excluding carboxylic acids is 1. The third-order valence-corrected chi connectivity index (χ3v) is 4.19. The normalized spacial score (nSPS) is 17.1. The highest BCUT2D eigenvalue weighted by Crippen LogP contribution is 2.30. The van der Waals surface area contributed by atoms with E-state index >= 15 is 0 Å². The van der Waals surface area contributed by atoms with Gasteiger partial charge in [0.15, 0.2) is 0 Å². The number of aliphatic carboxylic acids is 1. The van der Waals surface area contributed by atoms with E-state index in [1.54, 1.807) is 4.90 Å². The van der Waals surface area contributed by atoms with Crippen LogP contribution in [-0.2, 0) is 17.8 Å². The van der Waals surface area contributed by atoms with Crippen LogP contribution in [-0.4, -0.2) is 41.0 Å². The highest BCUT2D eigenvalue weighted by molar-refractivity contribution is 5.96. The second kappa shape index (κ2) is 5.85. The Kier molecular flexibility index (Phi) is 3.92. The molecule has 1 amide bonds. The van der Waals surface area contributed by atoms with Crippen molar-refractivity contribution in [3.63, 3.8) is 0 Å². The zero-order valence-corrected chi connectivity index (χ0v) is 12.0. The van der Waals surface area contributed by atoms with Gasteiger partial charge < -0.3 is 15.3 Å². The Labute approximate surface area is 123 Å². The van der Waals surface area contributed by atoms with Gasteiger partial charge in [0.05, 0.1) is 6.42 Å². The number of fused-ring (bicyclic) bond motifs is 1. The highest BCUT2D eigenvalue weighted by atomic mass is 16.4. The summed E-state index contributed by atoms with van der Waals surface area (Å²) in [6.45, 7) is 1.99. The molecule has 1 saturated carbocycles. The van der Waals surface area contributed by atoms with Crippen molar-refractivity contribution in [3.8, 4) is 0 Å². The number of benzene rings is 1. The molecule has 0 unspecified atom stereocenters. The molecular weight excluding hydrogens is 268 g/mol. The lowest BCUT2D eigenvalue weighted by Gasteiger charge is -2.25. The van der Waals surface area contributed by atoms with Crippen LogP contribution in [0.3, 0.4) is 0 Å². The molecule has 1 aliphatic carbocycles. The van der Waals surface area contributed by atoms with E-state index in [4.69, 9.17) is 5.11 Å². The van der Waals surface area contributed by atoms with Gasteiger partial charge in [-0.25, -0.2) is 0 Å². The number of rotatable bonds is 5. The lowest BCUT2D eigenvalue weighted by molar-refractivity contribution is -0.137. The summed E-state index contributed by atoms with van der Waals surface area (Å²) in [6.07, 6.45) is 2.84. The summed E-state index contributed by atoms with van der Waals surface area (Å²) in [5.41, 5.74) is 3.06. The van der Waals surface area contributed by atoms with E-state index in [1.807, 2.05) is 12.1 Å². The zero-order chi connectivity index (χ0) is 14.8. The maximum absolute atomic E-state index is 12.8. The number of carbonyl (C=O) groups is 2. The van der Waals surface area contributed by atoms with Crippen LogP contribution in [0.4, 0.5) is 0 Å². The van der Waals surface area contributed by atoms with Gasteiger partial charge in [-0.2, -0.15) is 0 Å². The second-order valence-corrected chi connectivity index (χ2v) is 5.74. The number of carboxylic acid groups (broad SMARTS) is 1. The summed E-state index contributed by atoms with van der Waals surface area (Å²) in [5.74, 6) is -0.856. The maximum atomic E-state index is 12.8. The molecular formula is C16H20N2O3. The molecule has 1 aliphatic heterocycles. The predicted molar refractivity (Wildman–Crippen MR) is 78.2 cm³/mol. The molecule has 1 aromatic rings. The lowest BCUT2D eigenvalue weighted by Crippen LogP contribution is -2.36. The highest BCUT2D eigenvalue weighted by Gasteiger charge is 2.34. The van der Waals surface area contributed by atoms with E-state index in [-0.39, 0.29) is 18.4 Å². The average Bonchev–Trinajstić information content (AvgIpc) is 3.31. The van der Waals surface area contributed by atoms with Crippen molar-refractivity contribution in [1.82, 2.24) is 10.2 Å². The predicted octanol–water partition coefficient (Wildman–Crippen LogP) is 1.41. The molecule has 0 atom stereocenters. The average molecular weight is 288 g/mol. The van der Waals surface area contributed by atoms with Gasteiger partial charge >= 0.3 is 5.97 Å². The van der Waals surface area contributed by atoms with Crippen LogP contribution < -0.4 is 5.32 Å². The summed E-state index contributed by atoms with van der Waals surface area (Å²) >= 11 is 0. The number of nitrogens with one attached hydrogen (secondary N) is 1. The van der Waals surface area contributed by atoms with Gasteiger partial charge in [0, 0.05) is 24.7 Å². The Bertz CT molecular complexity index is 567. The van der Waals surface area contributed by atoms with E-state index in [0.717, 1.165) is 43.5 Å². The van der Waals surface area contributed by atoms with Crippen LogP contribution in [0.1, 0.15) is 40.7 Å². The molecule has 0 saturated heterocycles. The smallest absolute Gasteiger partial charge is 0.305 e. The summed E-state index contributed by atoms with van der Waals surface area (Å²) in [7, 11) is 0. The van der Waals surface area contributed by atoms with Crippen molar-refractivity contribution in [2.75, 3.05) is 13.1 Å². The van der Waals surface area contributed by atoms with Crippen molar-refractivity contribution >= 4 is 11.9 Å². The molecule has 5 nitrogen and oxygen atoms in total. The maximum Gasteiger partial charge on any atom is 0.305 e. The van der Waals surface area contributed by atoms with E-state index in [9.17, 15) is 9.59 Å². The van der Waals surface area contributed by atoms with Crippen molar-refractivity contribution in [2.45, 2.75) is 38.3 Å². The molecule has 112 valence electrons. The van der Waals surface area contributed by atoms with E-state index in [0.29, 0.717) is 6.54 Å². The Balaban J connectivity index is 1.84. The minimum Gasteiger partial charge on any atom is -0.481 e. The van der Waals surface area contributed by atoms with Crippen molar-refractivity contribution in [3.05, 3.63) is 34.9 Å². The van der Waals surface area contributed by atoms with Crippen LogP contribution in [0.2, 0.25) is 0 Å². The van der Waals surface area contributed by atoms with Crippen molar-refractivity contribution in [1.29, 1.82) is 0 Å². The fraction of sp³-hybridized carbons (Fsp3) is 0.500. The summed E-state index contributed by atoms with van der Waals surface area (Å²) in [6, 6.07) is 6.08. The molecule has 3 rings (SSSR count). The van der Waals surface area contributed by atoms with E-state index in [1.165, 1.54) is 5.56 Å². The van der Waals surface area contributed by atoms with Gasteiger partial charge in [0.1, 0.15) is 0 Å². The Morgan fingerprint density at radius 2 is 2.14 bits per heavy atom. The number of carboxylic acids is 1. The SMILES string of the molecule is O=C(O)CCN(C(=O)c1cccc2c1CCNC2)C1CC1. The second-order valence-electron chi connectivity index (χ2n) is 5.74. The van der Waals surface area contributed by atoms with Crippen LogP contribution in [0, 0.1) is 0 Å². The van der Waals surface area contributed by atoms with Gasteiger partial charge in [-0.15, -0.1) is 0 Å². The Hall–Kier alpha value is -1.88. The molecule has 0 aromatic heterocycles. The first kappa shape index (κ1) is 14.1. The molecule has 5 heteroatoms. The van der Waals surface area contributed by atoms with Crippen LogP contribution in [0.25, 0.3) is 0 Å². The van der Waals surface area contributed by atoms with Gasteiger partial charge in [-0.05, 0) is 43.0 Å². The fourth-order valence-electron chi connectivity index (χ4n) is 2.94. The summed E-state index contributed by atoms with van der Waals surface area (Å²) in [4.78, 5) is 25.4. The first-order valence-electron chi connectivity index (χ1n) is 7.51. The van der Waals surface area contributed by atoms with Gasteiger partial charge in [0.2, 0.25) is 0 Å². The minimum absolute atomic E-state index is 0.00231. The van der Waals surface area contributed by atoms with Gasteiger partial charge in [-0.1, -0.05) is 12.1 Å². The standard InChI is InChI=1S/C16H20N2O3/c19-15(20)7-9-18(12-4-5-12)16(21)14-3-1-2-11-10-17-8-6-13(11)14/h1-3,12,17H,4-10H2,(H,19,20). The Morgan fingerprint density at radius 3 is 2.86 bits per heavy atom. The molecule has 1 aromatic carbocycles. The first-order chi connectivity index (χ1) is 10.2. The zero-order valence-electron chi connectivity index (χ0n) is 12.0. The quantitative estimate of drug-likeness (QED) is 0.859. The summed E-state index contributed by atoms with van der Waals surface area (Å²) in [5, 5.41) is 12.2. The van der Waals surface area contributed by atoms with Crippen LogP contribution in [0.15, 0.2) is 18.2 Å². The molecule has 1 heterocycles. The molecule has 21 heavy (non-hydrogen) atoms. The molecule has 2 aliphatic rings. The number of nitrogens with zero attached hydrogens (tertiary/aromatic N) is 1. The van der Waals surface area contributed by atoms with E-state index < -0.39 is 5.97 Å². The molecule has 2 N–H and O–H groups in total. The molecule has 0 bridgehead atoms. The topological polar surface area (TPSA) is 69.6 Å². The number of amides is 1. The van der Waals surface area contributed by atoms with Gasteiger partial charge in [-0.3, -0.25) is 9.59 Å². The Morgan fingerprint density at radius 1 is 1.33 bits per heavy atom. The lowest BCUT2D eigenvalue weighted by atomic mass is 9.94. The first-order valence-corrected chi connectivity index (χ1v) is 7.51. The van der Waals surface area contributed by atoms with E-state index in [2.05, 4.69) is 11.4 Å². The van der Waals surface area contributed by atoms with Crippen LogP contribution in [0.5, 0.6) is 0 Å². The minimum atomic E-state index is -0.854. The fourth-order valence-corrected chi connectivity index (χ4v) is 2.94. The van der Waals surface area contributed by atoms with Crippen molar-refractivity contribution < 1.29 is 14.7 Å². The summed E-state index contributed by atoms with van der Waals surface area (Å²) < 4.78 is 0. The molecule has 0 radical (unpaired) electrons. The van der Waals surface area contributed by atoms with Gasteiger partial charge in [0.25, 0.3) is 5.91 Å². The largest absolute Gasteiger partial charge is 0.481 e.